The molecule has 8 nitrogen and oxygen atoms in total. The minimum absolute atomic E-state index is 0.0769. The predicted molar refractivity (Wildman–Crippen MR) is 99.4 cm³/mol. The molecule has 0 bridgehead atoms. The van der Waals surface area contributed by atoms with Crippen LogP contribution in [0.4, 0.5) is 5.69 Å². The summed E-state index contributed by atoms with van der Waals surface area (Å²) in [7, 11) is -2.48. The van der Waals surface area contributed by atoms with Crippen molar-refractivity contribution in [2.24, 2.45) is 5.14 Å². The fraction of sp³-hybridized carbons (Fsp3) is 0.333. The molecule has 144 valence electrons. The number of nitrogens with two attached hydrogens (primary N) is 1. The number of carbonyl (C=O) groups is 1. The SMILES string of the molecule is COc1cnc(C(=O)Nc2ccccc2S(N)(=O)=O)cc1OC1CCCC1. The lowest BCUT2D eigenvalue weighted by atomic mass is 10.2. The monoisotopic (exact) mass is 391 g/mol. The lowest BCUT2D eigenvalue weighted by Crippen LogP contribution is -2.19. The van der Waals surface area contributed by atoms with Crippen LogP contribution in [-0.4, -0.2) is 32.5 Å². The van der Waals surface area contributed by atoms with Crippen LogP contribution in [-0.2, 0) is 10.0 Å². The molecule has 9 heteroatoms. The number of hydrogen-bond acceptors (Lipinski definition) is 6. The number of amides is 1. The van der Waals surface area contributed by atoms with Crippen molar-refractivity contribution in [2.45, 2.75) is 36.7 Å². The predicted octanol–water partition coefficient (Wildman–Crippen LogP) is 2.31. The van der Waals surface area contributed by atoms with E-state index in [1.54, 1.807) is 6.07 Å². The van der Waals surface area contributed by atoms with Crippen molar-refractivity contribution >= 4 is 21.6 Å². The third kappa shape index (κ3) is 4.55. The number of nitrogens with one attached hydrogen (secondary N) is 1. The summed E-state index contributed by atoms with van der Waals surface area (Å²) in [6.45, 7) is 0. The molecule has 1 aromatic carbocycles. The molecule has 1 aromatic heterocycles. The molecule has 0 aliphatic heterocycles. The molecule has 2 aromatic rings. The fourth-order valence-electron chi connectivity index (χ4n) is 2.98. The van der Waals surface area contributed by atoms with Gasteiger partial charge in [0.05, 0.1) is 25.1 Å². The summed E-state index contributed by atoms with van der Waals surface area (Å²) < 4.78 is 34.6. The van der Waals surface area contributed by atoms with Crippen molar-refractivity contribution in [1.82, 2.24) is 4.98 Å². The van der Waals surface area contributed by atoms with E-state index >= 15 is 0 Å². The number of benzene rings is 1. The highest BCUT2D eigenvalue weighted by atomic mass is 32.2. The summed E-state index contributed by atoms with van der Waals surface area (Å²) >= 11 is 0. The van der Waals surface area contributed by atoms with Crippen LogP contribution >= 0.6 is 0 Å². The first-order chi connectivity index (χ1) is 12.9. The fourth-order valence-corrected chi connectivity index (χ4v) is 3.68. The molecular weight excluding hydrogens is 370 g/mol. The number of sulfonamides is 1. The van der Waals surface area contributed by atoms with Gasteiger partial charge in [0.25, 0.3) is 5.91 Å². The zero-order valence-electron chi connectivity index (χ0n) is 14.8. The molecule has 3 N–H and O–H groups in total. The van der Waals surface area contributed by atoms with Gasteiger partial charge in [0.1, 0.15) is 10.6 Å². The van der Waals surface area contributed by atoms with E-state index in [1.807, 2.05) is 0 Å². The molecule has 1 aliphatic rings. The summed E-state index contributed by atoms with van der Waals surface area (Å²) in [4.78, 5) is 16.5. The van der Waals surface area contributed by atoms with Gasteiger partial charge in [-0.2, -0.15) is 0 Å². The number of carbonyl (C=O) groups excluding carboxylic acids is 1. The van der Waals surface area contributed by atoms with Crippen LogP contribution in [0, 0.1) is 0 Å². The third-order valence-electron chi connectivity index (χ3n) is 4.32. The van der Waals surface area contributed by atoms with E-state index in [1.165, 1.54) is 37.6 Å². The van der Waals surface area contributed by atoms with E-state index in [9.17, 15) is 13.2 Å². The lowest BCUT2D eigenvalue weighted by Gasteiger charge is -2.16. The van der Waals surface area contributed by atoms with Gasteiger partial charge in [0.2, 0.25) is 10.0 Å². The number of anilines is 1. The number of primary sulfonamides is 1. The van der Waals surface area contributed by atoms with E-state index in [0.717, 1.165) is 25.7 Å². The van der Waals surface area contributed by atoms with Crippen LogP contribution in [0.3, 0.4) is 0 Å². The third-order valence-corrected chi connectivity index (χ3v) is 5.29. The smallest absolute Gasteiger partial charge is 0.274 e. The summed E-state index contributed by atoms with van der Waals surface area (Å²) in [5, 5.41) is 7.73. The number of hydrogen-bond donors (Lipinski definition) is 2. The topological polar surface area (TPSA) is 121 Å². The van der Waals surface area contributed by atoms with Gasteiger partial charge >= 0.3 is 0 Å². The van der Waals surface area contributed by atoms with Crippen molar-refractivity contribution in [3.63, 3.8) is 0 Å². The minimum atomic E-state index is -3.98. The van der Waals surface area contributed by atoms with Gasteiger partial charge < -0.3 is 14.8 Å². The maximum atomic E-state index is 12.6. The molecule has 3 rings (SSSR count). The van der Waals surface area contributed by atoms with Crippen LogP contribution in [0.5, 0.6) is 11.5 Å². The molecule has 0 atom stereocenters. The van der Waals surface area contributed by atoms with Gasteiger partial charge in [-0.3, -0.25) is 4.79 Å². The van der Waals surface area contributed by atoms with Gasteiger partial charge in [-0.05, 0) is 37.8 Å². The molecule has 0 radical (unpaired) electrons. The highest BCUT2D eigenvalue weighted by Gasteiger charge is 2.21. The molecule has 0 saturated heterocycles. The molecular formula is C18H21N3O5S. The normalized spacial score (nSPS) is 14.7. The molecule has 1 saturated carbocycles. The number of para-hydroxylation sites is 1. The average molecular weight is 391 g/mol. The van der Waals surface area contributed by atoms with Crippen molar-refractivity contribution in [3.05, 3.63) is 42.2 Å². The summed E-state index contributed by atoms with van der Waals surface area (Å²) in [5.74, 6) is 0.290. The summed E-state index contributed by atoms with van der Waals surface area (Å²) in [5.41, 5.74) is 0.161. The van der Waals surface area contributed by atoms with E-state index in [2.05, 4.69) is 10.3 Å². The number of ether oxygens (including phenoxy) is 2. The Morgan fingerprint density at radius 3 is 2.59 bits per heavy atom. The van der Waals surface area contributed by atoms with Gasteiger partial charge in [-0.25, -0.2) is 18.5 Å². The first-order valence-corrected chi connectivity index (χ1v) is 10.1. The Kier molecular flexibility index (Phi) is 5.62. The molecule has 1 amide bonds. The van der Waals surface area contributed by atoms with Crippen LogP contribution < -0.4 is 19.9 Å². The van der Waals surface area contributed by atoms with Crippen molar-refractivity contribution in [2.75, 3.05) is 12.4 Å². The van der Waals surface area contributed by atoms with E-state index in [0.29, 0.717) is 11.5 Å². The van der Waals surface area contributed by atoms with Crippen molar-refractivity contribution in [3.8, 4) is 11.5 Å². The van der Waals surface area contributed by atoms with Gasteiger partial charge in [-0.15, -0.1) is 0 Å². The second-order valence-electron chi connectivity index (χ2n) is 6.24. The zero-order chi connectivity index (χ0) is 19.4. The highest BCUT2D eigenvalue weighted by Crippen LogP contribution is 2.31. The van der Waals surface area contributed by atoms with Crippen LogP contribution in [0.2, 0.25) is 0 Å². The number of aromatic nitrogens is 1. The first-order valence-electron chi connectivity index (χ1n) is 8.52. The second kappa shape index (κ2) is 7.93. The number of nitrogens with zero attached hydrogens (tertiary/aromatic N) is 1. The average Bonchev–Trinajstić information content (AvgIpc) is 3.14. The van der Waals surface area contributed by atoms with E-state index in [-0.39, 0.29) is 22.4 Å². The van der Waals surface area contributed by atoms with Crippen molar-refractivity contribution in [1.29, 1.82) is 0 Å². The maximum absolute atomic E-state index is 12.6. The van der Waals surface area contributed by atoms with Gasteiger partial charge in [-0.1, -0.05) is 12.1 Å². The Hall–Kier alpha value is -2.65. The molecule has 27 heavy (non-hydrogen) atoms. The number of methoxy groups -OCH3 is 1. The summed E-state index contributed by atoms with van der Waals surface area (Å²) in [6, 6.07) is 7.39. The lowest BCUT2D eigenvalue weighted by molar-refractivity contribution is 0.102. The Morgan fingerprint density at radius 2 is 1.93 bits per heavy atom. The van der Waals surface area contributed by atoms with Crippen LogP contribution in [0.15, 0.2) is 41.4 Å². The van der Waals surface area contributed by atoms with E-state index in [4.69, 9.17) is 14.6 Å². The number of rotatable bonds is 6. The molecule has 1 heterocycles. The zero-order valence-corrected chi connectivity index (χ0v) is 15.7. The Balaban J connectivity index is 1.85. The minimum Gasteiger partial charge on any atom is -0.491 e. The molecule has 1 fully saturated rings. The number of pyridine rings is 1. The van der Waals surface area contributed by atoms with Gasteiger partial charge in [0.15, 0.2) is 11.5 Å². The summed E-state index contributed by atoms with van der Waals surface area (Å²) in [6.07, 6.45) is 5.61. The maximum Gasteiger partial charge on any atom is 0.274 e. The van der Waals surface area contributed by atoms with E-state index < -0.39 is 15.9 Å². The largest absolute Gasteiger partial charge is 0.491 e. The van der Waals surface area contributed by atoms with Gasteiger partial charge in [0, 0.05) is 6.07 Å². The quantitative estimate of drug-likeness (QED) is 0.779. The standard InChI is InChI=1S/C18H21N3O5S/c1-25-16-11-20-14(10-15(16)26-12-6-2-3-7-12)18(22)21-13-8-4-5-9-17(13)27(19,23)24/h4-5,8-12H,2-3,6-7H2,1H3,(H,21,22)(H2,19,23,24). The molecule has 0 unspecified atom stereocenters. The van der Waals surface area contributed by atoms with Crippen molar-refractivity contribution < 1.29 is 22.7 Å². The van der Waals surface area contributed by atoms with Crippen LogP contribution in [0.25, 0.3) is 0 Å². The second-order valence-corrected chi connectivity index (χ2v) is 7.77. The molecule has 0 spiro atoms. The molecule has 1 aliphatic carbocycles. The first kappa shape index (κ1) is 19.1. The Morgan fingerprint density at radius 1 is 1.22 bits per heavy atom. The Labute approximate surface area is 157 Å². The highest BCUT2D eigenvalue weighted by molar-refractivity contribution is 7.89. The van der Waals surface area contributed by atoms with Crippen LogP contribution in [0.1, 0.15) is 36.2 Å². The Bertz CT molecular complexity index is 940.